The van der Waals surface area contributed by atoms with Crippen molar-refractivity contribution in [3.05, 3.63) is 22.7 Å². The lowest BCUT2D eigenvalue weighted by atomic mass is 10.1. The van der Waals surface area contributed by atoms with E-state index in [4.69, 9.17) is 21.1 Å². The molecule has 0 bridgehead atoms. The summed E-state index contributed by atoms with van der Waals surface area (Å²) < 4.78 is 11.1. The van der Waals surface area contributed by atoms with Crippen LogP contribution in [0.1, 0.15) is 45.3 Å². The second-order valence-corrected chi connectivity index (χ2v) is 4.44. The highest BCUT2D eigenvalue weighted by Gasteiger charge is 2.15. The van der Waals surface area contributed by atoms with Crippen molar-refractivity contribution in [2.75, 3.05) is 13.2 Å². The molecule has 0 aliphatic heterocycles. The van der Waals surface area contributed by atoms with Gasteiger partial charge in [-0.2, -0.15) is 0 Å². The molecule has 18 heavy (non-hydrogen) atoms. The molecule has 0 aliphatic carbocycles. The normalized spacial score (nSPS) is 12.3. The molecular weight excluding hydrogens is 252 g/mol. The van der Waals surface area contributed by atoms with E-state index in [1.165, 1.54) is 0 Å². The van der Waals surface area contributed by atoms with Crippen LogP contribution in [0.4, 0.5) is 0 Å². The molecule has 1 aromatic rings. The lowest BCUT2D eigenvalue weighted by Crippen LogP contribution is -2.03. The van der Waals surface area contributed by atoms with Gasteiger partial charge in [-0.3, -0.25) is 0 Å². The molecule has 0 aliphatic rings. The summed E-state index contributed by atoms with van der Waals surface area (Å²) in [5, 5.41) is 10.3. The quantitative estimate of drug-likeness (QED) is 0.816. The number of hydrogen-bond acceptors (Lipinski definition) is 3. The van der Waals surface area contributed by atoms with Crippen molar-refractivity contribution in [3.8, 4) is 11.5 Å². The molecule has 0 spiro atoms. The van der Waals surface area contributed by atoms with Crippen LogP contribution in [0.2, 0.25) is 5.02 Å². The fraction of sp³-hybridized carbons (Fsp3) is 0.571. The van der Waals surface area contributed by atoms with E-state index in [9.17, 15) is 5.11 Å². The topological polar surface area (TPSA) is 38.7 Å². The number of ether oxygens (including phenoxy) is 2. The maximum Gasteiger partial charge on any atom is 0.179 e. The van der Waals surface area contributed by atoms with Gasteiger partial charge in [0, 0.05) is 0 Å². The Morgan fingerprint density at radius 1 is 1.22 bits per heavy atom. The molecule has 3 nitrogen and oxygen atoms in total. The summed E-state index contributed by atoms with van der Waals surface area (Å²) in [4.78, 5) is 0. The van der Waals surface area contributed by atoms with Gasteiger partial charge in [-0.25, -0.2) is 0 Å². The second-order valence-electron chi connectivity index (χ2n) is 4.04. The average Bonchev–Trinajstić information content (AvgIpc) is 2.37. The molecule has 1 aromatic carbocycles. The van der Waals surface area contributed by atoms with Crippen molar-refractivity contribution in [2.24, 2.45) is 0 Å². The molecule has 4 heteroatoms. The minimum Gasteiger partial charge on any atom is -0.490 e. The second kappa shape index (κ2) is 7.49. The first kappa shape index (κ1) is 15.1. The average molecular weight is 273 g/mol. The highest BCUT2D eigenvalue weighted by atomic mass is 35.5. The van der Waals surface area contributed by atoms with Crippen molar-refractivity contribution in [1.82, 2.24) is 0 Å². The summed E-state index contributed by atoms with van der Waals surface area (Å²) in [6.07, 6.45) is 1.01. The minimum atomic E-state index is -0.526. The molecule has 0 fully saturated rings. The molecule has 1 atom stereocenters. The van der Waals surface area contributed by atoms with Gasteiger partial charge in [0.2, 0.25) is 0 Å². The molecule has 0 saturated carbocycles. The van der Waals surface area contributed by atoms with E-state index in [1.54, 1.807) is 12.1 Å². The lowest BCUT2D eigenvalue weighted by Gasteiger charge is -2.16. The Bertz CT molecular complexity index is 380. The minimum absolute atomic E-state index is 0.483. The van der Waals surface area contributed by atoms with E-state index in [2.05, 4.69) is 0 Å². The molecular formula is C14H21ClO3. The van der Waals surface area contributed by atoms with E-state index >= 15 is 0 Å². The molecule has 1 unspecified atom stereocenters. The molecule has 0 heterocycles. The van der Waals surface area contributed by atoms with Gasteiger partial charge in [0.25, 0.3) is 0 Å². The van der Waals surface area contributed by atoms with Gasteiger partial charge in [-0.05, 0) is 37.5 Å². The molecule has 0 aromatic heterocycles. The summed E-state index contributed by atoms with van der Waals surface area (Å²) in [5.74, 6) is 1.16. The number of aliphatic hydroxyl groups excluding tert-OH is 1. The largest absolute Gasteiger partial charge is 0.490 e. The molecule has 0 amide bonds. The highest BCUT2D eigenvalue weighted by molar-refractivity contribution is 6.32. The lowest BCUT2D eigenvalue weighted by molar-refractivity contribution is 0.173. The van der Waals surface area contributed by atoms with Crippen molar-refractivity contribution in [3.63, 3.8) is 0 Å². The van der Waals surface area contributed by atoms with Crippen LogP contribution in [-0.2, 0) is 0 Å². The van der Waals surface area contributed by atoms with Gasteiger partial charge < -0.3 is 14.6 Å². The fourth-order valence-corrected chi connectivity index (χ4v) is 1.90. The maximum atomic E-state index is 9.86. The summed E-state index contributed by atoms with van der Waals surface area (Å²) in [7, 11) is 0. The van der Waals surface area contributed by atoms with Crippen molar-refractivity contribution < 1.29 is 14.6 Å². The van der Waals surface area contributed by atoms with E-state index in [1.807, 2.05) is 20.8 Å². The van der Waals surface area contributed by atoms with Crippen molar-refractivity contribution in [1.29, 1.82) is 0 Å². The summed E-state index contributed by atoms with van der Waals surface area (Å²) in [6, 6.07) is 3.54. The third kappa shape index (κ3) is 3.79. The number of aliphatic hydroxyl groups is 1. The van der Waals surface area contributed by atoms with Crippen LogP contribution in [-0.4, -0.2) is 18.3 Å². The maximum absolute atomic E-state index is 9.86. The highest BCUT2D eigenvalue weighted by Crippen LogP contribution is 2.38. The van der Waals surface area contributed by atoms with Gasteiger partial charge in [0.15, 0.2) is 11.5 Å². The Morgan fingerprint density at radius 2 is 1.94 bits per heavy atom. The summed E-state index contributed by atoms with van der Waals surface area (Å²) in [6.45, 7) is 6.98. The Labute approximate surface area is 114 Å². The van der Waals surface area contributed by atoms with Gasteiger partial charge in [-0.15, -0.1) is 0 Å². The predicted molar refractivity (Wildman–Crippen MR) is 73.7 cm³/mol. The van der Waals surface area contributed by atoms with E-state index in [-0.39, 0.29) is 0 Å². The molecule has 1 N–H and O–H groups in total. The first-order chi connectivity index (χ1) is 8.63. The first-order valence-corrected chi connectivity index (χ1v) is 6.78. The first-order valence-electron chi connectivity index (χ1n) is 6.41. The zero-order valence-electron chi connectivity index (χ0n) is 11.2. The third-order valence-corrected chi connectivity index (χ3v) is 2.83. The summed E-state index contributed by atoms with van der Waals surface area (Å²) in [5.41, 5.74) is 0.759. The fourth-order valence-electron chi connectivity index (χ4n) is 1.62. The number of benzene rings is 1. The van der Waals surface area contributed by atoms with Crippen molar-refractivity contribution in [2.45, 2.75) is 39.7 Å². The van der Waals surface area contributed by atoms with E-state index in [0.29, 0.717) is 36.2 Å². The molecule has 0 saturated heterocycles. The van der Waals surface area contributed by atoms with Crippen LogP contribution in [0.25, 0.3) is 0 Å². The van der Waals surface area contributed by atoms with E-state index < -0.39 is 6.10 Å². The smallest absolute Gasteiger partial charge is 0.179 e. The Hall–Kier alpha value is -0.930. The van der Waals surface area contributed by atoms with Crippen LogP contribution in [0.15, 0.2) is 12.1 Å². The van der Waals surface area contributed by atoms with Gasteiger partial charge in [0.05, 0.1) is 24.3 Å². The zero-order chi connectivity index (χ0) is 13.5. The van der Waals surface area contributed by atoms with Gasteiger partial charge in [-0.1, -0.05) is 25.4 Å². The molecule has 102 valence electrons. The van der Waals surface area contributed by atoms with Gasteiger partial charge in [0.1, 0.15) is 0 Å². The SMILES string of the molecule is CCCOc1c(Cl)cc(C(O)CC)cc1OCC. The summed E-state index contributed by atoms with van der Waals surface area (Å²) >= 11 is 6.19. The standard InChI is InChI=1S/C14H21ClO3/c1-4-7-18-14-11(15)8-10(12(16)5-2)9-13(14)17-6-3/h8-9,12,16H,4-7H2,1-3H3. The van der Waals surface area contributed by atoms with Crippen LogP contribution < -0.4 is 9.47 Å². The Kier molecular flexibility index (Phi) is 6.30. The zero-order valence-corrected chi connectivity index (χ0v) is 12.0. The van der Waals surface area contributed by atoms with Crippen LogP contribution >= 0.6 is 11.6 Å². The number of rotatable bonds is 7. The van der Waals surface area contributed by atoms with E-state index in [0.717, 1.165) is 12.0 Å². The van der Waals surface area contributed by atoms with Gasteiger partial charge >= 0.3 is 0 Å². The third-order valence-electron chi connectivity index (χ3n) is 2.55. The number of hydrogen-bond donors (Lipinski definition) is 1. The Morgan fingerprint density at radius 3 is 2.50 bits per heavy atom. The van der Waals surface area contributed by atoms with Crippen molar-refractivity contribution >= 4 is 11.6 Å². The predicted octanol–water partition coefficient (Wildman–Crippen LogP) is 3.97. The molecule has 0 radical (unpaired) electrons. The monoisotopic (exact) mass is 272 g/mol. The van der Waals surface area contributed by atoms with Crippen LogP contribution in [0, 0.1) is 0 Å². The number of halogens is 1. The molecule has 1 rings (SSSR count). The van der Waals surface area contributed by atoms with Crippen LogP contribution in [0.5, 0.6) is 11.5 Å². The van der Waals surface area contributed by atoms with Crippen LogP contribution in [0.3, 0.4) is 0 Å². The Balaban J connectivity index is 3.09.